The van der Waals surface area contributed by atoms with Gasteiger partial charge in [-0.05, 0) is 54.6 Å². The molecule has 0 radical (unpaired) electrons. The predicted molar refractivity (Wildman–Crippen MR) is 112 cm³/mol. The van der Waals surface area contributed by atoms with Gasteiger partial charge in [0, 0.05) is 5.56 Å². The lowest BCUT2D eigenvalue weighted by Gasteiger charge is -2.11. The van der Waals surface area contributed by atoms with Crippen molar-refractivity contribution in [3.8, 4) is 11.4 Å². The highest BCUT2D eigenvalue weighted by atomic mass is 35.5. The maximum Gasteiger partial charge on any atom is 0.416 e. The fraction of sp³-hybridized carbons (Fsp3) is 0.100. The molecule has 2 aromatic heterocycles. The van der Waals surface area contributed by atoms with E-state index in [-0.39, 0.29) is 16.5 Å². The van der Waals surface area contributed by atoms with E-state index in [0.29, 0.717) is 22.1 Å². The number of hydrogen-bond acceptors (Lipinski definition) is 5. The first-order valence-electron chi connectivity index (χ1n) is 8.98. The summed E-state index contributed by atoms with van der Waals surface area (Å²) in [5.41, 5.74) is 0.00478. The van der Waals surface area contributed by atoms with Gasteiger partial charge in [0.05, 0.1) is 22.0 Å². The zero-order chi connectivity index (χ0) is 22.9. The van der Waals surface area contributed by atoms with Crippen LogP contribution in [0.2, 0.25) is 5.02 Å². The summed E-state index contributed by atoms with van der Waals surface area (Å²) in [6.45, 7) is 0. The zero-order valence-electron chi connectivity index (χ0n) is 15.9. The van der Waals surface area contributed by atoms with Crippen molar-refractivity contribution < 1.29 is 22.4 Å². The number of aromatic nitrogens is 4. The summed E-state index contributed by atoms with van der Waals surface area (Å²) in [6.07, 6.45) is -4.56. The quantitative estimate of drug-likeness (QED) is 0.308. The molecule has 0 saturated heterocycles. The summed E-state index contributed by atoms with van der Waals surface area (Å²) in [4.78, 5) is 12.3. The molecule has 2 heterocycles. The Morgan fingerprint density at radius 1 is 1.06 bits per heavy atom. The number of halogens is 5. The van der Waals surface area contributed by atoms with Crippen molar-refractivity contribution >= 4 is 40.6 Å². The molecule has 0 saturated carbocycles. The van der Waals surface area contributed by atoms with Crippen molar-refractivity contribution in [1.82, 2.24) is 19.8 Å². The smallest absolute Gasteiger partial charge is 0.324 e. The number of thioether (sulfide) groups is 1. The SMILES string of the molecule is O=C(CSc1ccc2nnc(-c3ccc(F)cc3)n2n1)Nc1cc(C(F)(F)F)ccc1Cl. The van der Waals surface area contributed by atoms with Gasteiger partial charge >= 0.3 is 6.18 Å². The van der Waals surface area contributed by atoms with Crippen molar-refractivity contribution in [3.05, 3.63) is 71.0 Å². The van der Waals surface area contributed by atoms with Crippen LogP contribution in [0, 0.1) is 5.82 Å². The fourth-order valence-electron chi connectivity index (χ4n) is 2.75. The van der Waals surface area contributed by atoms with E-state index in [9.17, 15) is 22.4 Å². The standard InChI is InChI=1S/C20H12ClF4N5OS/c21-14-6-3-12(20(23,24)25)9-15(14)26-17(31)10-32-18-8-7-16-27-28-19(30(16)29-18)11-1-4-13(22)5-2-11/h1-9H,10H2,(H,26,31). The Bertz CT molecular complexity index is 1290. The Morgan fingerprint density at radius 2 is 1.81 bits per heavy atom. The van der Waals surface area contributed by atoms with Gasteiger partial charge in [0.15, 0.2) is 11.5 Å². The molecule has 0 fully saturated rings. The molecule has 1 amide bonds. The minimum absolute atomic E-state index is 0.00989. The molecule has 0 atom stereocenters. The second-order valence-electron chi connectivity index (χ2n) is 6.50. The molecule has 0 spiro atoms. The summed E-state index contributed by atoms with van der Waals surface area (Å²) in [6, 6.07) is 11.6. The van der Waals surface area contributed by atoms with Gasteiger partial charge < -0.3 is 5.32 Å². The number of carbonyl (C=O) groups is 1. The molecule has 4 rings (SSSR count). The second-order valence-corrected chi connectivity index (χ2v) is 7.90. The minimum Gasteiger partial charge on any atom is -0.324 e. The van der Waals surface area contributed by atoms with E-state index in [2.05, 4.69) is 20.6 Å². The van der Waals surface area contributed by atoms with E-state index in [4.69, 9.17) is 11.6 Å². The molecule has 0 aliphatic rings. The summed E-state index contributed by atoms with van der Waals surface area (Å²) in [5, 5.41) is 15.3. The normalized spacial score (nSPS) is 11.7. The van der Waals surface area contributed by atoms with Crippen LogP contribution in [0.5, 0.6) is 0 Å². The lowest BCUT2D eigenvalue weighted by Crippen LogP contribution is -2.15. The second kappa shape index (κ2) is 8.75. The fourth-order valence-corrected chi connectivity index (χ4v) is 3.57. The van der Waals surface area contributed by atoms with Crippen LogP contribution in [0.4, 0.5) is 23.2 Å². The maximum atomic E-state index is 13.2. The van der Waals surface area contributed by atoms with Gasteiger partial charge in [0.2, 0.25) is 5.91 Å². The van der Waals surface area contributed by atoms with Gasteiger partial charge in [-0.2, -0.15) is 22.8 Å². The molecule has 0 aliphatic heterocycles. The molecule has 1 N–H and O–H groups in total. The Balaban J connectivity index is 1.48. The topological polar surface area (TPSA) is 72.2 Å². The molecule has 0 unspecified atom stereocenters. The Kier molecular flexibility index (Phi) is 6.02. The molecule has 32 heavy (non-hydrogen) atoms. The van der Waals surface area contributed by atoms with Crippen LogP contribution < -0.4 is 5.32 Å². The van der Waals surface area contributed by atoms with Crippen LogP contribution in [0.15, 0.2) is 59.6 Å². The predicted octanol–water partition coefficient (Wildman–Crippen LogP) is 5.33. The number of fused-ring (bicyclic) bond motifs is 1. The van der Waals surface area contributed by atoms with Gasteiger partial charge in [-0.1, -0.05) is 23.4 Å². The van der Waals surface area contributed by atoms with E-state index < -0.39 is 23.5 Å². The largest absolute Gasteiger partial charge is 0.416 e. The molecule has 164 valence electrons. The van der Waals surface area contributed by atoms with Crippen molar-refractivity contribution in [2.24, 2.45) is 0 Å². The molecule has 6 nitrogen and oxygen atoms in total. The van der Waals surface area contributed by atoms with Crippen molar-refractivity contribution in [2.45, 2.75) is 11.2 Å². The summed E-state index contributed by atoms with van der Waals surface area (Å²) >= 11 is 6.97. The third kappa shape index (κ3) is 4.83. The van der Waals surface area contributed by atoms with E-state index in [1.165, 1.54) is 16.6 Å². The monoisotopic (exact) mass is 481 g/mol. The first-order valence-corrected chi connectivity index (χ1v) is 10.3. The Hall–Kier alpha value is -3.18. The van der Waals surface area contributed by atoms with Gasteiger partial charge in [0.1, 0.15) is 10.8 Å². The number of hydrogen-bond donors (Lipinski definition) is 1. The maximum absolute atomic E-state index is 13.2. The number of rotatable bonds is 5. The van der Waals surface area contributed by atoms with Gasteiger partial charge in [-0.15, -0.1) is 10.2 Å². The van der Waals surface area contributed by atoms with Crippen LogP contribution in [-0.4, -0.2) is 31.5 Å². The van der Waals surface area contributed by atoms with Crippen molar-refractivity contribution in [3.63, 3.8) is 0 Å². The van der Waals surface area contributed by atoms with Gasteiger partial charge in [-0.3, -0.25) is 4.79 Å². The van der Waals surface area contributed by atoms with E-state index in [0.717, 1.165) is 30.0 Å². The van der Waals surface area contributed by atoms with Crippen LogP contribution in [0.1, 0.15) is 5.56 Å². The highest BCUT2D eigenvalue weighted by Crippen LogP contribution is 2.34. The lowest BCUT2D eigenvalue weighted by molar-refractivity contribution is -0.137. The minimum atomic E-state index is -4.56. The van der Waals surface area contributed by atoms with E-state index in [1.807, 2.05) is 0 Å². The number of benzene rings is 2. The highest BCUT2D eigenvalue weighted by molar-refractivity contribution is 7.99. The van der Waals surface area contributed by atoms with Crippen molar-refractivity contribution in [1.29, 1.82) is 0 Å². The van der Waals surface area contributed by atoms with Gasteiger partial charge in [-0.25, -0.2) is 4.39 Å². The molecule has 12 heteroatoms. The molecule has 0 aliphatic carbocycles. The number of amides is 1. The number of carbonyl (C=O) groups excluding carboxylic acids is 1. The first-order chi connectivity index (χ1) is 15.2. The van der Waals surface area contributed by atoms with Crippen LogP contribution in [-0.2, 0) is 11.0 Å². The first kappa shape index (κ1) is 22.0. The van der Waals surface area contributed by atoms with Crippen LogP contribution in [0.25, 0.3) is 17.0 Å². The van der Waals surface area contributed by atoms with E-state index >= 15 is 0 Å². The van der Waals surface area contributed by atoms with E-state index in [1.54, 1.807) is 24.3 Å². The van der Waals surface area contributed by atoms with Crippen LogP contribution >= 0.6 is 23.4 Å². The molecular formula is C20H12ClF4N5OS. The van der Waals surface area contributed by atoms with Gasteiger partial charge in [0.25, 0.3) is 0 Å². The number of nitrogens with zero attached hydrogens (tertiary/aromatic N) is 4. The zero-order valence-corrected chi connectivity index (χ0v) is 17.5. The molecule has 4 aromatic rings. The lowest BCUT2D eigenvalue weighted by atomic mass is 10.2. The number of nitrogens with one attached hydrogen (secondary N) is 1. The molecule has 0 bridgehead atoms. The number of anilines is 1. The average Bonchev–Trinajstić information content (AvgIpc) is 3.17. The third-order valence-corrected chi connectivity index (χ3v) is 5.51. The average molecular weight is 482 g/mol. The highest BCUT2D eigenvalue weighted by Gasteiger charge is 2.31. The third-order valence-electron chi connectivity index (χ3n) is 4.26. The summed E-state index contributed by atoms with van der Waals surface area (Å²) in [5.74, 6) is -0.680. The van der Waals surface area contributed by atoms with Crippen molar-refractivity contribution in [2.75, 3.05) is 11.1 Å². The molecule has 2 aromatic carbocycles. The summed E-state index contributed by atoms with van der Waals surface area (Å²) < 4.78 is 53.3. The van der Waals surface area contributed by atoms with Crippen LogP contribution in [0.3, 0.4) is 0 Å². The Labute approximate surface area is 187 Å². The Morgan fingerprint density at radius 3 is 2.53 bits per heavy atom. The summed E-state index contributed by atoms with van der Waals surface area (Å²) in [7, 11) is 0. The molecular weight excluding hydrogens is 470 g/mol. The number of alkyl halides is 3.